The summed E-state index contributed by atoms with van der Waals surface area (Å²) < 4.78 is 31.6. The fourth-order valence-corrected chi connectivity index (χ4v) is 4.09. The predicted molar refractivity (Wildman–Crippen MR) is 115 cm³/mol. The summed E-state index contributed by atoms with van der Waals surface area (Å²) in [5.41, 5.74) is 0. The van der Waals surface area contributed by atoms with Crippen LogP contribution in [0.3, 0.4) is 0 Å². The lowest BCUT2D eigenvalue weighted by Crippen LogP contribution is -2.47. The highest BCUT2D eigenvalue weighted by Gasteiger charge is 2.25. The van der Waals surface area contributed by atoms with E-state index in [0.717, 1.165) is 51.4 Å². The number of aliphatic hydroxyl groups excluding tert-OH is 1. The second-order valence-electron chi connectivity index (χ2n) is 7.92. The topological polar surface area (TPSA) is 104 Å². The van der Waals surface area contributed by atoms with Crippen molar-refractivity contribution in [2.45, 2.75) is 122 Å². The molecule has 0 aromatic heterocycles. The quantitative estimate of drug-likeness (QED) is 0.209. The molecule has 0 aliphatic rings. The molecule has 0 fully saturated rings. The van der Waals surface area contributed by atoms with E-state index in [9.17, 15) is 18.3 Å². The summed E-state index contributed by atoms with van der Waals surface area (Å²) in [6.07, 6.45) is 13.9. The minimum atomic E-state index is -4.27. The van der Waals surface area contributed by atoms with E-state index in [2.05, 4.69) is 19.2 Å². The zero-order valence-corrected chi connectivity index (χ0v) is 18.8. The maximum Gasteiger partial charge on any atom is 0.266 e. The standard InChI is InChI=1S/C21H43NO5S/c1-3-5-7-9-10-11-13-15-17-21(24)22-19(18-28(25,26)27)20(23)16-14-12-8-6-4-2/h19-20,23H,3-18H2,1-2H3,(H,22,24)(H,25,26,27). The highest BCUT2D eigenvalue weighted by atomic mass is 32.2. The number of amides is 1. The van der Waals surface area contributed by atoms with Crippen LogP contribution in [-0.2, 0) is 14.9 Å². The molecular formula is C21H43NO5S. The Kier molecular flexibility index (Phi) is 16.8. The number of hydrogen-bond acceptors (Lipinski definition) is 4. The second-order valence-corrected chi connectivity index (χ2v) is 9.41. The molecule has 2 unspecified atom stereocenters. The lowest BCUT2D eigenvalue weighted by atomic mass is 10.0. The van der Waals surface area contributed by atoms with Gasteiger partial charge < -0.3 is 10.4 Å². The molecule has 1 amide bonds. The average molecular weight is 422 g/mol. The van der Waals surface area contributed by atoms with Gasteiger partial charge in [0, 0.05) is 6.42 Å². The molecule has 0 saturated heterocycles. The molecule has 3 N–H and O–H groups in total. The Morgan fingerprint density at radius 1 is 0.821 bits per heavy atom. The van der Waals surface area contributed by atoms with Crippen molar-refractivity contribution >= 4 is 16.0 Å². The highest BCUT2D eigenvalue weighted by molar-refractivity contribution is 7.85. The van der Waals surface area contributed by atoms with Crippen molar-refractivity contribution in [2.75, 3.05) is 5.75 Å². The van der Waals surface area contributed by atoms with Gasteiger partial charge in [0.1, 0.15) is 0 Å². The van der Waals surface area contributed by atoms with E-state index >= 15 is 0 Å². The molecule has 6 nitrogen and oxygen atoms in total. The van der Waals surface area contributed by atoms with Gasteiger partial charge in [-0.3, -0.25) is 9.35 Å². The van der Waals surface area contributed by atoms with Crippen molar-refractivity contribution in [3.8, 4) is 0 Å². The molecule has 168 valence electrons. The summed E-state index contributed by atoms with van der Waals surface area (Å²) in [7, 11) is -4.27. The summed E-state index contributed by atoms with van der Waals surface area (Å²) in [6, 6.07) is -0.956. The second kappa shape index (κ2) is 17.2. The molecular weight excluding hydrogens is 378 g/mol. The molecule has 2 atom stereocenters. The maximum atomic E-state index is 12.1. The van der Waals surface area contributed by atoms with Crippen molar-refractivity contribution in [2.24, 2.45) is 0 Å². The summed E-state index contributed by atoms with van der Waals surface area (Å²) in [6.45, 7) is 4.32. The first-order valence-corrected chi connectivity index (χ1v) is 12.8. The Bertz CT molecular complexity index is 481. The van der Waals surface area contributed by atoms with Gasteiger partial charge in [-0.1, -0.05) is 90.9 Å². The van der Waals surface area contributed by atoms with Gasteiger partial charge in [-0.05, 0) is 12.8 Å². The lowest BCUT2D eigenvalue weighted by molar-refractivity contribution is -0.122. The number of hydrogen-bond donors (Lipinski definition) is 3. The average Bonchev–Trinajstić information content (AvgIpc) is 2.62. The fourth-order valence-electron chi connectivity index (χ4n) is 3.33. The number of carbonyl (C=O) groups is 1. The Morgan fingerprint density at radius 2 is 1.29 bits per heavy atom. The van der Waals surface area contributed by atoms with Crippen LogP contribution in [-0.4, -0.2) is 41.9 Å². The Balaban J connectivity index is 4.19. The van der Waals surface area contributed by atoms with Gasteiger partial charge in [0.2, 0.25) is 5.91 Å². The SMILES string of the molecule is CCCCCCCCCCC(=O)NC(CS(=O)(=O)O)C(O)CCCCCCC. The van der Waals surface area contributed by atoms with Crippen LogP contribution in [0.15, 0.2) is 0 Å². The van der Waals surface area contributed by atoms with Crippen molar-refractivity contribution in [1.29, 1.82) is 0 Å². The van der Waals surface area contributed by atoms with Crippen LogP contribution in [0, 0.1) is 0 Å². The molecule has 0 aromatic rings. The van der Waals surface area contributed by atoms with Gasteiger partial charge in [0.05, 0.1) is 17.9 Å². The minimum Gasteiger partial charge on any atom is -0.391 e. The minimum absolute atomic E-state index is 0.260. The van der Waals surface area contributed by atoms with Gasteiger partial charge in [-0.2, -0.15) is 8.42 Å². The molecule has 0 aliphatic carbocycles. The van der Waals surface area contributed by atoms with Gasteiger partial charge >= 0.3 is 0 Å². The van der Waals surface area contributed by atoms with E-state index in [-0.39, 0.29) is 5.91 Å². The number of rotatable bonds is 19. The fraction of sp³-hybridized carbons (Fsp3) is 0.952. The van der Waals surface area contributed by atoms with Gasteiger partial charge in [-0.25, -0.2) is 0 Å². The number of nitrogens with one attached hydrogen (secondary N) is 1. The highest BCUT2D eigenvalue weighted by Crippen LogP contribution is 2.12. The van der Waals surface area contributed by atoms with Crippen molar-refractivity contribution in [3.05, 3.63) is 0 Å². The molecule has 0 radical (unpaired) electrons. The van der Waals surface area contributed by atoms with Crippen LogP contribution in [0.5, 0.6) is 0 Å². The number of carbonyl (C=O) groups excluding carboxylic acids is 1. The summed E-state index contributed by atoms with van der Waals surface area (Å²) in [5, 5.41) is 12.9. The van der Waals surface area contributed by atoms with E-state index in [1.165, 1.54) is 32.1 Å². The van der Waals surface area contributed by atoms with Crippen molar-refractivity contribution in [3.63, 3.8) is 0 Å². The Hall–Kier alpha value is -0.660. The smallest absolute Gasteiger partial charge is 0.266 e. The third kappa shape index (κ3) is 17.4. The van der Waals surface area contributed by atoms with Crippen molar-refractivity contribution < 1.29 is 22.9 Å². The summed E-state index contributed by atoms with van der Waals surface area (Å²) >= 11 is 0. The third-order valence-corrected chi connectivity index (χ3v) is 5.84. The molecule has 0 bridgehead atoms. The number of unbranched alkanes of at least 4 members (excludes halogenated alkanes) is 11. The molecule has 0 saturated carbocycles. The van der Waals surface area contributed by atoms with E-state index in [4.69, 9.17) is 4.55 Å². The molecule has 0 rings (SSSR count). The van der Waals surface area contributed by atoms with Crippen LogP contribution >= 0.6 is 0 Å². The van der Waals surface area contributed by atoms with Crippen LogP contribution in [0.2, 0.25) is 0 Å². The molecule has 0 aliphatic heterocycles. The van der Waals surface area contributed by atoms with E-state index in [1.807, 2.05) is 0 Å². The first kappa shape index (κ1) is 27.3. The normalized spacial score (nSPS) is 14.0. The van der Waals surface area contributed by atoms with Gasteiger partial charge in [0.25, 0.3) is 10.1 Å². The first-order valence-electron chi connectivity index (χ1n) is 11.2. The largest absolute Gasteiger partial charge is 0.391 e. The summed E-state index contributed by atoms with van der Waals surface area (Å²) in [4.78, 5) is 12.1. The molecule has 0 aromatic carbocycles. The first-order chi connectivity index (χ1) is 13.3. The van der Waals surface area contributed by atoms with Crippen LogP contribution < -0.4 is 5.32 Å². The van der Waals surface area contributed by atoms with Crippen LogP contribution in [0.25, 0.3) is 0 Å². The predicted octanol–water partition coefficient (Wildman–Crippen LogP) is 4.61. The Labute approximate surface area is 172 Å². The van der Waals surface area contributed by atoms with Crippen LogP contribution in [0.1, 0.15) is 110 Å². The van der Waals surface area contributed by atoms with E-state index in [0.29, 0.717) is 12.8 Å². The van der Waals surface area contributed by atoms with Crippen LogP contribution in [0.4, 0.5) is 0 Å². The van der Waals surface area contributed by atoms with Gasteiger partial charge in [0.15, 0.2) is 0 Å². The zero-order valence-electron chi connectivity index (χ0n) is 18.0. The zero-order chi connectivity index (χ0) is 21.3. The third-order valence-electron chi connectivity index (χ3n) is 5.06. The molecule has 0 spiro atoms. The summed E-state index contributed by atoms with van der Waals surface area (Å²) in [5.74, 6) is -0.906. The van der Waals surface area contributed by atoms with Gasteiger partial charge in [-0.15, -0.1) is 0 Å². The van der Waals surface area contributed by atoms with Crippen molar-refractivity contribution in [1.82, 2.24) is 5.32 Å². The van der Waals surface area contributed by atoms with E-state index in [1.54, 1.807) is 0 Å². The monoisotopic (exact) mass is 421 g/mol. The number of aliphatic hydroxyl groups is 1. The molecule has 28 heavy (non-hydrogen) atoms. The Morgan fingerprint density at radius 3 is 1.79 bits per heavy atom. The molecule has 7 heteroatoms. The van der Waals surface area contributed by atoms with E-state index < -0.39 is 28.0 Å². The maximum absolute atomic E-state index is 12.1. The molecule has 0 heterocycles. The lowest BCUT2D eigenvalue weighted by Gasteiger charge is -2.23.